The first-order chi connectivity index (χ1) is 6.83. The second kappa shape index (κ2) is 6.57. The summed E-state index contributed by atoms with van der Waals surface area (Å²) in [6, 6.07) is 10.1. The summed E-state index contributed by atoms with van der Waals surface area (Å²) >= 11 is 0. The van der Waals surface area contributed by atoms with Crippen LogP contribution in [-0.2, 0) is 16.1 Å². The first-order valence-corrected chi connectivity index (χ1v) is 5.10. The molecule has 1 aromatic rings. The third-order valence-corrected chi connectivity index (χ3v) is 1.88. The second-order valence-electron chi connectivity index (χ2n) is 3.24. The van der Waals surface area contributed by atoms with Crippen molar-refractivity contribution in [3.8, 4) is 0 Å². The van der Waals surface area contributed by atoms with Gasteiger partial charge in [-0.15, -0.1) is 0 Å². The van der Waals surface area contributed by atoms with E-state index in [0.717, 1.165) is 13.0 Å². The molecule has 1 aromatic carbocycles. The highest BCUT2D eigenvalue weighted by Gasteiger charge is 2.00. The Bertz CT molecular complexity index is 233. The molecule has 1 rings (SSSR count). The molecule has 0 saturated carbocycles. The topological polar surface area (TPSA) is 18.5 Å². The van der Waals surface area contributed by atoms with E-state index in [1.54, 1.807) is 0 Å². The molecular weight excluding hydrogens is 176 g/mol. The predicted octanol–water partition coefficient (Wildman–Crippen LogP) is 2.98. The van der Waals surface area contributed by atoms with E-state index in [0.29, 0.717) is 6.61 Å². The summed E-state index contributed by atoms with van der Waals surface area (Å²) < 4.78 is 10.9. The van der Waals surface area contributed by atoms with Gasteiger partial charge in [0.25, 0.3) is 0 Å². The van der Waals surface area contributed by atoms with Gasteiger partial charge in [0.2, 0.25) is 0 Å². The van der Waals surface area contributed by atoms with Crippen LogP contribution in [0.25, 0.3) is 0 Å². The van der Waals surface area contributed by atoms with Crippen molar-refractivity contribution in [1.29, 1.82) is 0 Å². The molecule has 0 saturated heterocycles. The third-order valence-electron chi connectivity index (χ3n) is 1.88. The minimum Gasteiger partial charge on any atom is -0.353 e. The van der Waals surface area contributed by atoms with Gasteiger partial charge in [-0.25, -0.2) is 0 Å². The van der Waals surface area contributed by atoms with Crippen LogP contribution in [0, 0.1) is 0 Å². The first-order valence-electron chi connectivity index (χ1n) is 5.10. The maximum Gasteiger partial charge on any atom is 0.155 e. The monoisotopic (exact) mass is 194 g/mol. The number of benzene rings is 1. The van der Waals surface area contributed by atoms with Gasteiger partial charge >= 0.3 is 0 Å². The summed E-state index contributed by atoms with van der Waals surface area (Å²) in [5.41, 5.74) is 1.18. The van der Waals surface area contributed by atoms with Crippen LogP contribution < -0.4 is 0 Å². The van der Waals surface area contributed by atoms with E-state index in [4.69, 9.17) is 9.47 Å². The molecule has 0 aromatic heterocycles. The van der Waals surface area contributed by atoms with Gasteiger partial charge in [0, 0.05) is 6.61 Å². The Kier molecular flexibility index (Phi) is 5.27. The lowest BCUT2D eigenvalue weighted by atomic mass is 10.2. The average molecular weight is 194 g/mol. The molecular formula is C12H18O2. The maximum atomic E-state index is 5.51. The molecule has 0 aliphatic rings. The molecule has 2 heteroatoms. The molecule has 0 bridgehead atoms. The largest absolute Gasteiger partial charge is 0.353 e. The summed E-state index contributed by atoms with van der Waals surface area (Å²) in [7, 11) is 0. The van der Waals surface area contributed by atoms with Crippen molar-refractivity contribution in [1.82, 2.24) is 0 Å². The van der Waals surface area contributed by atoms with Crippen molar-refractivity contribution in [2.24, 2.45) is 0 Å². The Morgan fingerprint density at radius 2 is 1.86 bits per heavy atom. The Labute approximate surface area is 85.8 Å². The smallest absolute Gasteiger partial charge is 0.155 e. The van der Waals surface area contributed by atoms with E-state index >= 15 is 0 Å². The molecule has 1 atom stereocenters. The average Bonchev–Trinajstić information content (AvgIpc) is 2.25. The first kappa shape index (κ1) is 11.2. The van der Waals surface area contributed by atoms with Crippen LogP contribution in [0.1, 0.15) is 25.8 Å². The fourth-order valence-electron chi connectivity index (χ4n) is 1.12. The SMILES string of the molecule is CCCOC(C)OCc1ccccc1. The van der Waals surface area contributed by atoms with Crippen LogP contribution in [-0.4, -0.2) is 12.9 Å². The molecule has 2 nitrogen and oxygen atoms in total. The minimum absolute atomic E-state index is 0.116. The van der Waals surface area contributed by atoms with Gasteiger partial charge in [-0.2, -0.15) is 0 Å². The van der Waals surface area contributed by atoms with Gasteiger partial charge in [0.15, 0.2) is 6.29 Å². The number of hydrogen-bond donors (Lipinski definition) is 0. The lowest BCUT2D eigenvalue weighted by Gasteiger charge is -2.13. The molecule has 0 radical (unpaired) electrons. The standard InChI is InChI=1S/C12H18O2/c1-3-9-13-11(2)14-10-12-7-5-4-6-8-12/h4-8,11H,3,9-10H2,1-2H3. The zero-order chi connectivity index (χ0) is 10.2. The summed E-state index contributed by atoms with van der Waals surface area (Å²) in [4.78, 5) is 0. The highest BCUT2D eigenvalue weighted by Crippen LogP contribution is 2.04. The second-order valence-corrected chi connectivity index (χ2v) is 3.24. The van der Waals surface area contributed by atoms with Crippen molar-refractivity contribution in [3.63, 3.8) is 0 Å². The molecule has 0 spiro atoms. The van der Waals surface area contributed by atoms with E-state index in [1.165, 1.54) is 5.56 Å². The van der Waals surface area contributed by atoms with Crippen LogP contribution in [0.15, 0.2) is 30.3 Å². The van der Waals surface area contributed by atoms with Gasteiger partial charge in [-0.1, -0.05) is 37.3 Å². The van der Waals surface area contributed by atoms with Gasteiger partial charge in [-0.3, -0.25) is 0 Å². The van der Waals surface area contributed by atoms with E-state index in [1.807, 2.05) is 37.3 Å². The zero-order valence-electron chi connectivity index (χ0n) is 8.90. The zero-order valence-corrected chi connectivity index (χ0v) is 8.90. The molecule has 0 amide bonds. The minimum atomic E-state index is -0.116. The molecule has 0 aliphatic heterocycles. The van der Waals surface area contributed by atoms with Crippen LogP contribution in [0.4, 0.5) is 0 Å². The van der Waals surface area contributed by atoms with Crippen LogP contribution >= 0.6 is 0 Å². The predicted molar refractivity (Wildman–Crippen MR) is 56.9 cm³/mol. The van der Waals surface area contributed by atoms with Crippen LogP contribution in [0.2, 0.25) is 0 Å². The van der Waals surface area contributed by atoms with Crippen molar-refractivity contribution >= 4 is 0 Å². The van der Waals surface area contributed by atoms with E-state index in [-0.39, 0.29) is 6.29 Å². The molecule has 0 heterocycles. The van der Waals surface area contributed by atoms with Gasteiger partial charge in [0.05, 0.1) is 6.61 Å². The van der Waals surface area contributed by atoms with Gasteiger partial charge in [-0.05, 0) is 18.9 Å². The lowest BCUT2D eigenvalue weighted by Crippen LogP contribution is -2.13. The van der Waals surface area contributed by atoms with Crippen molar-refractivity contribution in [3.05, 3.63) is 35.9 Å². The third kappa shape index (κ3) is 4.40. The Balaban J connectivity index is 2.20. The number of ether oxygens (including phenoxy) is 2. The fourth-order valence-corrected chi connectivity index (χ4v) is 1.12. The Morgan fingerprint density at radius 1 is 1.14 bits per heavy atom. The lowest BCUT2D eigenvalue weighted by molar-refractivity contribution is -0.137. The molecule has 0 fully saturated rings. The maximum absolute atomic E-state index is 5.51. The highest BCUT2D eigenvalue weighted by molar-refractivity contribution is 5.13. The van der Waals surface area contributed by atoms with Crippen LogP contribution in [0.3, 0.4) is 0 Å². The van der Waals surface area contributed by atoms with Crippen molar-refractivity contribution < 1.29 is 9.47 Å². The summed E-state index contributed by atoms with van der Waals surface area (Å²) in [6.07, 6.45) is 0.911. The highest BCUT2D eigenvalue weighted by atomic mass is 16.7. The molecule has 1 unspecified atom stereocenters. The molecule has 78 valence electrons. The normalized spacial score (nSPS) is 12.7. The number of hydrogen-bond acceptors (Lipinski definition) is 2. The number of rotatable bonds is 6. The van der Waals surface area contributed by atoms with Crippen LogP contribution in [0.5, 0.6) is 0 Å². The van der Waals surface area contributed by atoms with Gasteiger partial charge in [0.1, 0.15) is 0 Å². The van der Waals surface area contributed by atoms with E-state index in [2.05, 4.69) is 6.92 Å². The summed E-state index contributed by atoms with van der Waals surface area (Å²) in [6.45, 7) is 5.39. The Morgan fingerprint density at radius 3 is 2.50 bits per heavy atom. The van der Waals surface area contributed by atoms with E-state index < -0.39 is 0 Å². The molecule has 0 N–H and O–H groups in total. The molecule has 0 aliphatic carbocycles. The molecule has 14 heavy (non-hydrogen) atoms. The quantitative estimate of drug-likeness (QED) is 0.648. The Hall–Kier alpha value is -0.860. The van der Waals surface area contributed by atoms with Gasteiger partial charge < -0.3 is 9.47 Å². The van der Waals surface area contributed by atoms with Crippen molar-refractivity contribution in [2.75, 3.05) is 6.61 Å². The van der Waals surface area contributed by atoms with Crippen molar-refractivity contribution in [2.45, 2.75) is 33.2 Å². The fraction of sp³-hybridized carbons (Fsp3) is 0.500. The van der Waals surface area contributed by atoms with E-state index in [9.17, 15) is 0 Å². The summed E-state index contributed by atoms with van der Waals surface area (Å²) in [5, 5.41) is 0. The summed E-state index contributed by atoms with van der Waals surface area (Å²) in [5.74, 6) is 0.